The maximum absolute atomic E-state index is 5.61. The number of nitrogen functional groups attached to an aromatic ring is 1. The number of hydrogen-bond acceptors (Lipinski definition) is 2. The molecule has 0 fully saturated rings. The molecule has 1 rings (SSSR count). The van der Waals surface area contributed by atoms with Gasteiger partial charge in [-0.25, -0.2) is 0 Å². The fourth-order valence-electron chi connectivity index (χ4n) is 0.946. The van der Waals surface area contributed by atoms with Gasteiger partial charge in [-0.15, -0.1) is 0 Å². The molecule has 0 amide bonds. The van der Waals surface area contributed by atoms with E-state index in [9.17, 15) is 0 Å². The van der Waals surface area contributed by atoms with E-state index in [1.165, 1.54) is 0 Å². The molecule has 0 aliphatic rings. The van der Waals surface area contributed by atoms with Crippen LogP contribution >= 0.6 is 0 Å². The molecule has 1 aromatic rings. The van der Waals surface area contributed by atoms with Crippen LogP contribution in [0.4, 0.5) is 5.69 Å². The second kappa shape index (κ2) is 4.12. The summed E-state index contributed by atoms with van der Waals surface area (Å²) >= 11 is 0. The first-order chi connectivity index (χ1) is 5.68. The standard InChI is InChI=1S/C10H15NO/c1-8(2)12-7-9-4-3-5-10(11)6-9/h3-6,8H,7,11H2,1-2H3. The highest BCUT2D eigenvalue weighted by atomic mass is 16.5. The van der Waals surface area contributed by atoms with Crippen molar-refractivity contribution in [2.45, 2.75) is 26.6 Å². The van der Waals surface area contributed by atoms with Gasteiger partial charge >= 0.3 is 0 Å². The van der Waals surface area contributed by atoms with E-state index in [2.05, 4.69) is 0 Å². The number of hydrogen-bond donors (Lipinski definition) is 1. The molecule has 1 aromatic carbocycles. The minimum absolute atomic E-state index is 0.270. The molecule has 2 nitrogen and oxygen atoms in total. The zero-order valence-corrected chi connectivity index (χ0v) is 7.58. The third kappa shape index (κ3) is 2.93. The van der Waals surface area contributed by atoms with Crippen LogP contribution in [0, 0.1) is 0 Å². The maximum atomic E-state index is 5.61. The molecule has 0 aliphatic heterocycles. The van der Waals surface area contributed by atoms with Gasteiger partial charge in [-0.05, 0) is 31.5 Å². The summed E-state index contributed by atoms with van der Waals surface area (Å²) in [6.07, 6.45) is 0.270. The van der Waals surface area contributed by atoms with E-state index in [1.807, 2.05) is 38.1 Å². The van der Waals surface area contributed by atoms with Crippen molar-refractivity contribution < 1.29 is 4.74 Å². The smallest absolute Gasteiger partial charge is 0.0721 e. The molecule has 0 atom stereocenters. The Balaban J connectivity index is 2.52. The minimum atomic E-state index is 0.270. The fourth-order valence-corrected chi connectivity index (χ4v) is 0.946. The van der Waals surface area contributed by atoms with Gasteiger partial charge in [0.2, 0.25) is 0 Å². The molecular weight excluding hydrogens is 150 g/mol. The molecule has 66 valence electrons. The van der Waals surface area contributed by atoms with Crippen molar-refractivity contribution >= 4 is 5.69 Å². The van der Waals surface area contributed by atoms with Crippen LogP contribution < -0.4 is 5.73 Å². The molecule has 2 heteroatoms. The minimum Gasteiger partial charge on any atom is -0.399 e. The number of anilines is 1. The average Bonchev–Trinajstić information content (AvgIpc) is 2.01. The van der Waals surface area contributed by atoms with E-state index in [0.717, 1.165) is 11.3 Å². The monoisotopic (exact) mass is 165 g/mol. The summed E-state index contributed by atoms with van der Waals surface area (Å²) in [6, 6.07) is 7.76. The van der Waals surface area contributed by atoms with Crippen LogP contribution in [-0.2, 0) is 11.3 Å². The van der Waals surface area contributed by atoms with E-state index in [0.29, 0.717) is 6.61 Å². The fraction of sp³-hybridized carbons (Fsp3) is 0.400. The van der Waals surface area contributed by atoms with Gasteiger partial charge in [0.05, 0.1) is 12.7 Å². The summed E-state index contributed by atoms with van der Waals surface area (Å²) in [5, 5.41) is 0. The van der Waals surface area contributed by atoms with E-state index >= 15 is 0 Å². The van der Waals surface area contributed by atoms with Gasteiger partial charge in [0.15, 0.2) is 0 Å². The summed E-state index contributed by atoms with van der Waals surface area (Å²) in [4.78, 5) is 0. The number of nitrogens with two attached hydrogens (primary N) is 1. The molecule has 0 heterocycles. The zero-order chi connectivity index (χ0) is 8.97. The highest BCUT2D eigenvalue weighted by Gasteiger charge is 1.95. The van der Waals surface area contributed by atoms with Gasteiger partial charge in [0.25, 0.3) is 0 Å². The molecule has 0 unspecified atom stereocenters. The Kier molecular flexibility index (Phi) is 3.11. The summed E-state index contributed by atoms with van der Waals surface area (Å²) < 4.78 is 5.43. The Morgan fingerprint density at radius 1 is 1.42 bits per heavy atom. The second-order valence-corrected chi connectivity index (χ2v) is 3.10. The molecule has 0 spiro atoms. The van der Waals surface area contributed by atoms with E-state index in [-0.39, 0.29) is 6.10 Å². The predicted octanol–water partition coefficient (Wildman–Crippen LogP) is 2.19. The Morgan fingerprint density at radius 3 is 2.75 bits per heavy atom. The van der Waals surface area contributed by atoms with Crippen LogP contribution in [0.1, 0.15) is 19.4 Å². The number of ether oxygens (including phenoxy) is 1. The lowest BCUT2D eigenvalue weighted by Gasteiger charge is -2.07. The van der Waals surface area contributed by atoms with Crippen molar-refractivity contribution in [2.24, 2.45) is 0 Å². The van der Waals surface area contributed by atoms with Crippen LogP contribution in [0.25, 0.3) is 0 Å². The average molecular weight is 165 g/mol. The van der Waals surface area contributed by atoms with Crippen LogP contribution in [0.3, 0.4) is 0 Å². The lowest BCUT2D eigenvalue weighted by Crippen LogP contribution is -2.02. The topological polar surface area (TPSA) is 35.2 Å². The van der Waals surface area contributed by atoms with Gasteiger partial charge < -0.3 is 10.5 Å². The quantitative estimate of drug-likeness (QED) is 0.697. The normalized spacial score (nSPS) is 10.6. The molecule has 0 saturated carbocycles. The Morgan fingerprint density at radius 2 is 2.17 bits per heavy atom. The summed E-state index contributed by atoms with van der Waals surface area (Å²) in [7, 11) is 0. The molecule has 0 aliphatic carbocycles. The van der Waals surface area contributed by atoms with Crippen molar-refractivity contribution in [2.75, 3.05) is 5.73 Å². The SMILES string of the molecule is CC(C)OCc1cccc(N)c1. The molecule has 0 aromatic heterocycles. The second-order valence-electron chi connectivity index (χ2n) is 3.10. The van der Waals surface area contributed by atoms with E-state index < -0.39 is 0 Å². The van der Waals surface area contributed by atoms with Crippen molar-refractivity contribution in [3.63, 3.8) is 0 Å². The highest BCUT2D eigenvalue weighted by molar-refractivity contribution is 5.40. The van der Waals surface area contributed by atoms with Crippen molar-refractivity contribution in [1.29, 1.82) is 0 Å². The van der Waals surface area contributed by atoms with E-state index in [4.69, 9.17) is 10.5 Å². The van der Waals surface area contributed by atoms with Gasteiger partial charge in [-0.2, -0.15) is 0 Å². The molecule has 0 saturated heterocycles. The van der Waals surface area contributed by atoms with Gasteiger partial charge in [-0.3, -0.25) is 0 Å². The van der Waals surface area contributed by atoms with Crippen molar-refractivity contribution in [1.82, 2.24) is 0 Å². The van der Waals surface area contributed by atoms with Gasteiger partial charge in [0, 0.05) is 5.69 Å². The Bertz CT molecular complexity index is 245. The van der Waals surface area contributed by atoms with Crippen LogP contribution in [0.15, 0.2) is 24.3 Å². The van der Waals surface area contributed by atoms with Crippen LogP contribution in [-0.4, -0.2) is 6.10 Å². The van der Waals surface area contributed by atoms with Crippen LogP contribution in [0.2, 0.25) is 0 Å². The van der Waals surface area contributed by atoms with Gasteiger partial charge in [0.1, 0.15) is 0 Å². The maximum Gasteiger partial charge on any atom is 0.0721 e. The Labute approximate surface area is 73.3 Å². The number of rotatable bonds is 3. The Hall–Kier alpha value is -1.02. The number of benzene rings is 1. The highest BCUT2D eigenvalue weighted by Crippen LogP contribution is 2.08. The van der Waals surface area contributed by atoms with E-state index in [1.54, 1.807) is 0 Å². The molecule has 0 radical (unpaired) electrons. The first kappa shape index (κ1) is 9.07. The molecule has 0 bridgehead atoms. The first-order valence-corrected chi connectivity index (χ1v) is 4.14. The molecule has 2 N–H and O–H groups in total. The van der Waals surface area contributed by atoms with Gasteiger partial charge in [-0.1, -0.05) is 12.1 Å². The van der Waals surface area contributed by atoms with Crippen LogP contribution in [0.5, 0.6) is 0 Å². The molecular formula is C10H15NO. The third-order valence-electron chi connectivity index (χ3n) is 1.53. The van der Waals surface area contributed by atoms with Crippen molar-refractivity contribution in [3.8, 4) is 0 Å². The lowest BCUT2D eigenvalue weighted by molar-refractivity contribution is 0.0657. The zero-order valence-electron chi connectivity index (χ0n) is 7.58. The molecule has 12 heavy (non-hydrogen) atoms. The summed E-state index contributed by atoms with van der Waals surface area (Å²) in [6.45, 7) is 4.68. The summed E-state index contributed by atoms with van der Waals surface area (Å²) in [5.41, 5.74) is 7.53. The first-order valence-electron chi connectivity index (χ1n) is 4.14. The largest absolute Gasteiger partial charge is 0.399 e. The summed E-state index contributed by atoms with van der Waals surface area (Å²) in [5.74, 6) is 0. The lowest BCUT2D eigenvalue weighted by atomic mass is 10.2. The van der Waals surface area contributed by atoms with Crippen molar-refractivity contribution in [3.05, 3.63) is 29.8 Å². The predicted molar refractivity (Wildman–Crippen MR) is 50.8 cm³/mol. The third-order valence-corrected chi connectivity index (χ3v) is 1.53.